The van der Waals surface area contributed by atoms with Crippen LogP contribution in [0.25, 0.3) is 0 Å². The molecule has 1 atom stereocenters. The molecule has 0 heterocycles. The van der Waals surface area contributed by atoms with Gasteiger partial charge in [-0.25, -0.2) is 14.4 Å². The lowest BCUT2D eigenvalue weighted by molar-refractivity contribution is -0.139. The Morgan fingerprint density at radius 3 is 2.03 bits per heavy atom. The van der Waals surface area contributed by atoms with Crippen molar-refractivity contribution in [3.8, 4) is 0 Å². The van der Waals surface area contributed by atoms with Gasteiger partial charge in [0.25, 0.3) is 0 Å². The van der Waals surface area contributed by atoms with Crippen LogP contribution in [0, 0.1) is 0 Å². The van der Waals surface area contributed by atoms with Crippen molar-refractivity contribution < 1.29 is 29.0 Å². The molecule has 208 valence electrons. The molecule has 0 saturated heterocycles. The number of methoxy groups -OCH3 is 1. The summed E-state index contributed by atoms with van der Waals surface area (Å²) in [6.07, 6.45) is 14.6. The van der Waals surface area contributed by atoms with Crippen LogP contribution in [0.4, 0.5) is 9.59 Å². The Morgan fingerprint density at radius 2 is 1.49 bits per heavy atom. The molecular formula is C28H45N3O6. The highest BCUT2D eigenvalue weighted by Crippen LogP contribution is 2.22. The van der Waals surface area contributed by atoms with Crippen LogP contribution in [-0.2, 0) is 20.9 Å². The quantitative estimate of drug-likeness (QED) is 0.298. The van der Waals surface area contributed by atoms with E-state index < -0.39 is 24.2 Å². The summed E-state index contributed by atoms with van der Waals surface area (Å²) in [6, 6.07) is 10.0. The van der Waals surface area contributed by atoms with Crippen molar-refractivity contribution in [3.63, 3.8) is 0 Å². The first-order chi connectivity index (χ1) is 18.0. The van der Waals surface area contributed by atoms with Gasteiger partial charge in [0.1, 0.15) is 12.6 Å². The summed E-state index contributed by atoms with van der Waals surface area (Å²) in [6.45, 7) is 0.551. The number of carboxylic acids is 1. The number of carbonyl (C=O) groups excluding carboxylic acids is 2. The molecule has 0 spiro atoms. The molecule has 0 aliphatic heterocycles. The van der Waals surface area contributed by atoms with Crippen LogP contribution >= 0.6 is 0 Å². The molecule has 37 heavy (non-hydrogen) atoms. The molecule has 0 aromatic heterocycles. The van der Waals surface area contributed by atoms with Crippen molar-refractivity contribution in [1.82, 2.24) is 16.0 Å². The average molecular weight is 520 g/mol. The van der Waals surface area contributed by atoms with Gasteiger partial charge in [-0.3, -0.25) is 0 Å². The lowest BCUT2D eigenvalue weighted by Gasteiger charge is -2.30. The maximum atomic E-state index is 11.5. The molecule has 0 radical (unpaired) electrons. The third-order valence-electron chi connectivity index (χ3n) is 6.86. The Morgan fingerprint density at radius 1 is 0.892 bits per heavy atom. The predicted octanol–water partition coefficient (Wildman–Crippen LogP) is 5.13. The molecule has 3 rings (SSSR count). The SMILES string of the molecule is C1CCC(NC2CCCCC2)CC1.COC(=O)N[C@@H](CCCCNC(=O)OCc1ccccc1)C(=O)O. The minimum atomic E-state index is -1.13. The van der Waals surface area contributed by atoms with E-state index in [1.807, 2.05) is 30.3 Å². The first kappa shape index (κ1) is 30.4. The van der Waals surface area contributed by atoms with Crippen molar-refractivity contribution in [3.05, 3.63) is 35.9 Å². The van der Waals surface area contributed by atoms with Gasteiger partial charge in [0, 0.05) is 18.6 Å². The van der Waals surface area contributed by atoms with Crippen LogP contribution in [0.2, 0.25) is 0 Å². The summed E-state index contributed by atoms with van der Waals surface area (Å²) in [5.74, 6) is -1.13. The minimum absolute atomic E-state index is 0.191. The number of unbranched alkanes of at least 4 members (excludes halogenated alkanes) is 1. The van der Waals surface area contributed by atoms with Gasteiger partial charge < -0.3 is 30.5 Å². The Balaban J connectivity index is 0.000000308. The molecule has 9 heteroatoms. The average Bonchev–Trinajstić information content (AvgIpc) is 2.93. The van der Waals surface area contributed by atoms with Gasteiger partial charge in [-0.05, 0) is 50.5 Å². The maximum Gasteiger partial charge on any atom is 0.407 e. The number of carbonyl (C=O) groups is 3. The normalized spacial score (nSPS) is 17.0. The van der Waals surface area contributed by atoms with E-state index in [0.717, 1.165) is 17.6 Å². The van der Waals surface area contributed by atoms with Crippen LogP contribution in [0.15, 0.2) is 30.3 Å². The second-order valence-electron chi connectivity index (χ2n) is 9.85. The van der Waals surface area contributed by atoms with Crippen molar-refractivity contribution in [2.45, 2.75) is 108 Å². The molecule has 1 aromatic rings. The van der Waals surface area contributed by atoms with E-state index >= 15 is 0 Å². The molecule has 2 saturated carbocycles. The van der Waals surface area contributed by atoms with Gasteiger partial charge in [0.2, 0.25) is 0 Å². The first-order valence-corrected chi connectivity index (χ1v) is 13.8. The second-order valence-corrected chi connectivity index (χ2v) is 9.85. The van der Waals surface area contributed by atoms with Crippen molar-refractivity contribution in [1.29, 1.82) is 0 Å². The van der Waals surface area contributed by atoms with Gasteiger partial charge >= 0.3 is 18.2 Å². The first-order valence-electron chi connectivity index (χ1n) is 13.8. The summed E-state index contributed by atoms with van der Waals surface area (Å²) < 4.78 is 9.41. The van der Waals surface area contributed by atoms with Gasteiger partial charge in [-0.1, -0.05) is 68.9 Å². The lowest BCUT2D eigenvalue weighted by atomic mass is 9.91. The maximum absolute atomic E-state index is 11.5. The molecule has 4 N–H and O–H groups in total. The Bertz CT molecular complexity index is 763. The number of nitrogens with one attached hydrogen (secondary N) is 3. The fourth-order valence-corrected chi connectivity index (χ4v) is 4.77. The summed E-state index contributed by atoms with van der Waals surface area (Å²) >= 11 is 0. The summed E-state index contributed by atoms with van der Waals surface area (Å²) in [7, 11) is 1.17. The summed E-state index contributed by atoms with van der Waals surface area (Å²) in [4.78, 5) is 33.5. The molecule has 2 aliphatic rings. The van der Waals surface area contributed by atoms with Gasteiger partial charge in [-0.2, -0.15) is 0 Å². The monoisotopic (exact) mass is 519 g/mol. The molecule has 2 fully saturated rings. The number of aliphatic carboxylic acids is 1. The molecule has 2 amide bonds. The number of hydrogen-bond acceptors (Lipinski definition) is 6. The number of rotatable bonds is 11. The largest absolute Gasteiger partial charge is 0.480 e. The standard InChI is InChI=1S/C16H22N2O6.C12H23N/c1-23-16(22)18-13(14(19)20)9-5-6-10-17-15(21)24-11-12-7-3-2-4-8-12;1-3-7-11(8-4-1)13-12-9-5-2-6-10-12/h2-4,7-8,13H,5-6,9-11H2,1H3,(H,17,21)(H,18,22)(H,19,20);11-13H,1-10H2/t13-;/m0./s1. The van der Waals surface area contributed by atoms with Crippen LogP contribution in [0.5, 0.6) is 0 Å². The smallest absolute Gasteiger partial charge is 0.407 e. The molecule has 0 bridgehead atoms. The zero-order valence-corrected chi connectivity index (χ0v) is 22.2. The summed E-state index contributed by atoms with van der Waals surface area (Å²) in [5, 5.41) is 17.7. The van der Waals surface area contributed by atoms with Crippen molar-refractivity contribution >= 4 is 18.2 Å². The molecule has 1 aromatic carbocycles. The highest BCUT2D eigenvalue weighted by molar-refractivity contribution is 5.79. The number of carboxylic acid groups (broad SMARTS) is 1. The fourth-order valence-electron chi connectivity index (χ4n) is 4.77. The topological polar surface area (TPSA) is 126 Å². The van der Waals surface area contributed by atoms with Crippen LogP contribution in [-0.4, -0.2) is 55.0 Å². The number of amides is 2. The van der Waals surface area contributed by atoms with Crippen LogP contribution < -0.4 is 16.0 Å². The van der Waals surface area contributed by atoms with Gasteiger partial charge in [-0.15, -0.1) is 0 Å². The van der Waals surface area contributed by atoms with E-state index in [2.05, 4.69) is 20.7 Å². The summed E-state index contributed by atoms with van der Waals surface area (Å²) in [5.41, 5.74) is 0.894. The van der Waals surface area contributed by atoms with E-state index in [-0.39, 0.29) is 13.0 Å². The number of alkyl carbamates (subject to hydrolysis) is 2. The minimum Gasteiger partial charge on any atom is -0.480 e. The van der Waals surface area contributed by atoms with Crippen molar-refractivity contribution in [2.24, 2.45) is 0 Å². The Labute approximate surface area is 221 Å². The van der Waals surface area contributed by atoms with Crippen LogP contribution in [0.1, 0.15) is 89.0 Å². The lowest BCUT2D eigenvalue weighted by Crippen LogP contribution is -2.40. The number of benzene rings is 1. The van der Waals surface area contributed by atoms with E-state index in [4.69, 9.17) is 9.84 Å². The van der Waals surface area contributed by atoms with Gasteiger partial charge in [0.15, 0.2) is 0 Å². The number of ether oxygens (including phenoxy) is 2. The van der Waals surface area contributed by atoms with Gasteiger partial charge in [0.05, 0.1) is 7.11 Å². The molecule has 2 aliphatic carbocycles. The predicted molar refractivity (Wildman–Crippen MR) is 142 cm³/mol. The Kier molecular flexibility index (Phi) is 15.2. The van der Waals surface area contributed by atoms with E-state index in [1.165, 1.54) is 71.3 Å². The zero-order chi connectivity index (χ0) is 26.7. The third-order valence-corrected chi connectivity index (χ3v) is 6.86. The van der Waals surface area contributed by atoms with Crippen LogP contribution in [0.3, 0.4) is 0 Å². The van der Waals surface area contributed by atoms with E-state index in [0.29, 0.717) is 19.4 Å². The van der Waals surface area contributed by atoms with Crippen molar-refractivity contribution in [2.75, 3.05) is 13.7 Å². The third kappa shape index (κ3) is 13.9. The molecule has 0 unspecified atom stereocenters. The number of hydrogen-bond donors (Lipinski definition) is 4. The highest BCUT2D eigenvalue weighted by atomic mass is 16.5. The molecular weight excluding hydrogens is 474 g/mol. The van der Waals surface area contributed by atoms with E-state index in [1.54, 1.807) is 0 Å². The fraction of sp³-hybridized carbons (Fsp3) is 0.679. The Hall–Kier alpha value is -2.81. The second kappa shape index (κ2) is 18.4. The highest BCUT2D eigenvalue weighted by Gasteiger charge is 2.20. The zero-order valence-electron chi connectivity index (χ0n) is 22.2. The van der Waals surface area contributed by atoms with E-state index in [9.17, 15) is 14.4 Å². The molecule has 9 nitrogen and oxygen atoms in total.